The topological polar surface area (TPSA) is 72.9 Å². The summed E-state index contributed by atoms with van der Waals surface area (Å²) in [6, 6.07) is 25.8. The fourth-order valence-electron chi connectivity index (χ4n) is 2.80. The second kappa shape index (κ2) is 11.4. The van der Waals surface area contributed by atoms with Crippen LogP contribution in [0.3, 0.4) is 0 Å². The Morgan fingerprint density at radius 3 is 1.97 bits per heavy atom. The molecule has 0 unspecified atom stereocenters. The zero-order chi connectivity index (χ0) is 22.9. The molecule has 0 fully saturated rings. The second-order valence-corrected chi connectivity index (χ2v) is 9.81. The van der Waals surface area contributed by atoms with Gasteiger partial charge in [0.15, 0.2) is 7.14 Å². The molecule has 3 aromatic rings. The van der Waals surface area contributed by atoms with E-state index in [4.69, 9.17) is 9.47 Å². The number of hydrogen-bond donors (Lipinski definition) is 0. The molecule has 0 heterocycles. The number of esters is 2. The van der Waals surface area contributed by atoms with Gasteiger partial charge in [-0.2, -0.15) is 0 Å². The number of ether oxygens (including phenoxy) is 2. The van der Waals surface area contributed by atoms with Gasteiger partial charge in [-0.1, -0.05) is 30.3 Å². The number of likely N-dealkylation sites (N-methyl/N-ethyl adjacent to an activating group) is 1. The largest absolute Gasteiger partial charge is 0.465 e. The predicted molar refractivity (Wildman–Crippen MR) is 116 cm³/mol. The van der Waals surface area contributed by atoms with Crippen LogP contribution in [0.4, 0.5) is 0 Å². The third kappa shape index (κ3) is 6.65. The van der Waals surface area contributed by atoms with Gasteiger partial charge in [-0.05, 0) is 66.6 Å². The normalized spacial score (nSPS) is 10.3. The van der Waals surface area contributed by atoms with Crippen LogP contribution < -0.4 is 25.9 Å². The zero-order valence-electron chi connectivity index (χ0n) is 17.8. The van der Waals surface area contributed by atoms with Crippen molar-refractivity contribution in [1.82, 2.24) is 4.90 Å². The van der Waals surface area contributed by atoms with E-state index >= 15 is 0 Å². The first-order valence-electron chi connectivity index (χ1n) is 9.99. The standard InChI is InChI=1S/C25H23INO5/c1-3-31-23(28)17-27(2)24(29)25(30)32-22-15-11-19(12-16-22)18-9-13-21(14-10-18)26-20-7-5-4-6-8-20/h4-16H,3,17H2,1-2H3/q+1. The number of rotatable bonds is 7. The highest BCUT2D eigenvalue weighted by molar-refractivity contribution is 6.33. The molecule has 0 saturated heterocycles. The average Bonchev–Trinajstić information content (AvgIpc) is 2.80. The third-order valence-electron chi connectivity index (χ3n) is 4.39. The number of nitrogens with zero attached hydrogens (tertiary/aromatic N) is 1. The van der Waals surface area contributed by atoms with Crippen LogP contribution in [0.5, 0.6) is 5.75 Å². The van der Waals surface area contributed by atoms with E-state index in [9.17, 15) is 14.4 Å². The van der Waals surface area contributed by atoms with Crippen molar-refractivity contribution in [2.45, 2.75) is 6.92 Å². The van der Waals surface area contributed by atoms with E-state index in [-0.39, 0.29) is 40.1 Å². The van der Waals surface area contributed by atoms with Crippen LogP contribution in [-0.4, -0.2) is 42.9 Å². The van der Waals surface area contributed by atoms with Gasteiger partial charge >= 0.3 is 39.1 Å². The van der Waals surface area contributed by atoms with Crippen molar-refractivity contribution in [2.75, 3.05) is 20.2 Å². The molecule has 7 heteroatoms. The maximum atomic E-state index is 12.1. The summed E-state index contributed by atoms with van der Waals surface area (Å²) >= 11 is -0.213. The van der Waals surface area contributed by atoms with E-state index in [0.29, 0.717) is 0 Å². The first-order valence-corrected chi connectivity index (χ1v) is 12.2. The molecule has 6 nitrogen and oxygen atoms in total. The lowest BCUT2D eigenvalue weighted by molar-refractivity contribution is -0.597. The van der Waals surface area contributed by atoms with Gasteiger partial charge in [-0.3, -0.25) is 9.59 Å². The van der Waals surface area contributed by atoms with E-state index in [1.54, 1.807) is 19.1 Å². The van der Waals surface area contributed by atoms with Crippen molar-refractivity contribution in [2.24, 2.45) is 0 Å². The summed E-state index contributed by atoms with van der Waals surface area (Å²) in [5.74, 6) is -2.31. The SMILES string of the molecule is CCOC(=O)CN(C)C(=O)C(=O)Oc1ccc(-c2ccc([I+]c3ccccc3)cc2)cc1. The number of carbonyl (C=O) groups is 3. The molecule has 0 aromatic heterocycles. The maximum absolute atomic E-state index is 12.1. The molecule has 1 amide bonds. The number of halogens is 1. The van der Waals surface area contributed by atoms with Gasteiger partial charge in [0, 0.05) is 7.05 Å². The Balaban J connectivity index is 1.58. The van der Waals surface area contributed by atoms with Gasteiger partial charge in [0.1, 0.15) is 12.3 Å². The van der Waals surface area contributed by atoms with Gasteiger partial charge in [0.05, 0.1) is 6.61 Å². The number of benzene rings is 3. The van der Waals surface area contributed by atoms with Crippen LogP contribution in [0.15, 0.2) is 78.9 Å². The van der Waals surface area contributed by atoms with Crippen molar-refractivity contribution < 1.29 is 45.1 Å². The number of carbonyl (C=O) groups excluding carboxylic acids is 3. The summed E-state index contributed by atoms with van der Waals surface area (Å²) in [6.45, 7) is 1.55. The minimum atomic E-state index is -1.06. The Hall–Kier alpha value is -3.20. The smallest absolute Gasteiger partial charge is 0.402 e. The molecular weight excluding hydrogens is 521 g/mol. The lowest BCUT2D eigenvalue weighted by Gasteiger charge is -2.15. The van der Waals surface area contributed by atoms with Crippen LogP contribution in [-0.2, 0) is 19.1 Å². The fourth-order valence-corrected chi connectivity index (χ4v) is 5.02. The molecule has 3 rings (SSSR count). The molecule has 0 aliphatic heterocycles. The molecule has 0 saturated carbocycles. The Morgan fingerprint density at radius 2 is 1.38 bits per heavy atom. The number of amides is 1. The van der Waals surface area contributed by atoms with Crippen LogP contribution in [0.2, 0.25) is 0 Å². The third-order valence-corrected chi connectivity index (χ3v) is 7.07. The zero-order valence-corrected chi connectivity index (χ0v) is 19.9. The Morgan fingerprint density at radius 1 is 0.812 bits per heavy atom. The molecule has 0 spiro atoms. The molecule has 0 N–H and O–H groups in total. The van der Waals surface area contributed by atoms with Crippen molar-refractivity contribution in [1.29, 1.82) is 0 Å². The Kier molecular flexibility index (Phi) is 8.38. The van der Waals surface area contributed by atoms with E-state index in [2.05, 4.69) is 48.5 Å². The summed E-state index contributed by atoms with van der Waals surface area (Å²) in [4.78, 5) is 36.6. The lowest BCUT2D eigenvalue weighted by atomic mass is 10.1. The quantitative estimate of drug-likeness (QED) is 0.187. The monoisotopic (exact) mass is 544 g/mol. The molecule has 164 valence electrons. The Bertz CT molecular complexity index is 1070. The van der Waals surface area contributed by atoms with Crippen molar-refractivity contribution in [3.05, 3.63) is 86.0 Å². The minimum absolute atomic E-state index is 0.203. The Labute approximate surface area is 197 Å². The molecule has 0 aliphatic carbocycles. The lowest BCUT2D eigenvalue weighted by Crippen LogP contribution is -3.61. The van der Waals surface area contributed by atoms with Crippen molar-refractivity contribution in [3.8, 4) is 16.9 Å². The average molecular weight is 544 g/mol. The van der Waals surface area contributed by atoms with E-state index in [1.807, 2.05) is 18.2 Å². The summed E-state index contributed by atoms with van der Waals surface area (Å²) < 4.78 is 12.6. The maximum Gasteiger partial charge on any atom is 0.402 e. The van der Waals surface area contributed by atoms with Crippen molar-refractivity contribution >= 4 is 17.8 Å². The number of hydrogen-bond acceptors (Lipinski definition) is 5. The van der Waals surface area contributed by atoms with Crippen molar-refractivity contribution in [3.63, 3.8) is 0 Å². The van der Waals surface area contributed by atoms with Gasteiger partial charge in [-0.25, -0.2) is 4.79 Å². The summed E-state index contributed by atoms with van der Waals surface area (Å²) in [5.41, 5.74) is 2.02. The highest BCUT2D eigenvalue weighted by Gasteiger charge is 2.23. The van der Waals surface area contributed by atoms with Gasteiger partial charge in [0.2, 0.25) is 0 Å². The first-order chi connectivity index (χ1) is 15.5. The van der Waals surface area contributed by atoms with E-state index in [1.165, 1.54) is 14.2 Å². The van der Waals surface area contributed by atoms with Crippen LogP contribution in [0, 0.1) is 7.14 Å². The minimum Gasteiger partial charge on any atom is -0.465 e. The molecule has 0 bridgehead atoms. The highest BCUT2D eigenvalue weighted by Crippen LogP contribution is 2.22. The summed E-state index contributed by atoms with van der Waals surface area (Å²) in [5, 5.41) is 0. The fraction of sp³-hybridized carbons (Fsp3) is 0.160. The highest BCUT2D eigenvalue weighted by atomic mass is 127. The molecule has 0 radical (unpaired) electrons. The molecular formula is C25H23INO5+. The molecule has 3 aromatic carbocycles. The van der Waals surface area contributed by atoms with Gasteiger partial charge in [0.25, 0.3) is 0 Å². The molecule has 0 atom stereocenters. The summed E-state index contributed by atoms with van der Waals surface area (Å²) in [6.07, 6.45) is 0. The predicted octanol–water partition coefficient (Wildman–Crippen LogP) is 0.409. The first kappa shape index (κ1) is 23.5. The van der Waals surface area contributed by atoms with Crippen LogP contribution in [0.25, 0.3) is 11.1 Å². The molecule has 32 heavy (non-hydrogen) atoms. The summed E-state index contributed by atoms with van der Waals surface area (Å²) in [7, 11) is 1.34. The second-order valence-electron chi connectivity index (χ2n) is 6.78. The van der Waals surface area contributed by atoms with Gasteiger partial charge < -0.3 is 14.4 Å². The van der Waals surface area contributed by atoms with Crippen LogP contribution >= 0.6 is 0 Å². The van der Waals surface area contributed by atoms with Crippen LogP contribution in [0.1, 0.15) is 6.92 Å². The van der Waals surface area contributed by atoms with E-state index in [0.717, 1.165) is 16.0 Å². The van der Waals surface area contributed by atoms with E-state index < -0.39 is 17.8 Å². The van der Waals surface area contributed by atoms with Gasteiger partial charge in [-0.15, -0.1) is 0 Å². The molecule has 0 aliphatic rings.